The standard InChI is InChI=1S/C62H122O2/c1-3-5-7-9-11-13-15-17-19-21-23-25-26-27-28-29-30-31-32-33-34-35-36-37-38-39-41-43-45-47-49-51-53-55-57-59-61-64-62(63)60-58-56-54-52-50-48-46-44-42-40-24-22-20-18-16-14-12-10-8-6-4-2/h18,20H,3-17,19,21-61H2,1-2H3. The molecule has 0 aliphatic carbocycles. The van der Waals surface area contributed by atoms with Gasteiger partial charge in [-0.05, 0) is 38.5 Å². The van der Waals surface area contributed by atoms with Crippen molar-refractivity contribution in [1.82, 2.24) is 0 Å². The summed E-state index contributed by atoms with van der Waals surface area (Å²) >= 11 is 0. The Bertz CT molecular complexity index is 848. The first-order valence-corrected chi connectivity index (χ1v) is 30.6. The molecule has 382 valence electrons. The molecule has 0 radical (unpaired) electrons. The van der Waals surface area contributed by atoms with Gasteiger partial charge in [0.25, 0.3) is 0 Å². The number of carbonyl (C=O) groups is 1. The molecular formula is C62H122O2. The van der Waals surface area contributed by atoms with Gasteiger partial charge in [-0.25, -0.2) is 0 Å². The average molecular weight is 900 g/mol. The zero-order valence-corrected chi connectivity index (χ0v) is 44.8. The van der Waals surface area contributed by atoms with Gasteiger partial charge in [0.15, 0.2) is 0 Å². The third-order valence-corrected chi connectivity index (χ3v) is 14.4. The average Bonchev–Trinajstić information content (AvgIpc) is 3.30. The van der Waals surface area contributed by atoms with Gasteiger partial charge in [-0.15, -0.1) is 0 Å². The van der Waals surface area contributed by atoms with E-state index in [0.717, 1.165) is 12.8 Å². The molecule has 0 rings (SSSR count). The van der Waals surface area contributed by atoms with Gasteiger partial charge in [0.2, 0.25) is 0 Å². The van der Waals surface area contributed by atoms with Gasteiger partial charge >= 0.3 is 5.97 Å². The lowest BCUT2D eigenvalue weighted by molar-refractivity contribution is -0.143. The van der Waals surface area contributed by atoms with Crippen molar-refractivity contribution in [3.63, 3.8) is 0 Å². The van der Waals surface area contributed by atoms with Crippen molar-refractivity contribution in [2.75, 3.05) is 6.61 Å². The molecule has 0 unspecified atom stereocenters. The summed E-state index contributed by atoms with van der Waals surface area (Å²) in [4.78, 5) is 12.1. The highest BCUT2D eigenvalue weighted by atomic mass is 16.5. The third kappa shape index (κ3) is 59.2. The van der Waals surface area contributed by atoms with E-state index < -0.39 is 0 Å². The van der Waals surface area contributed by atoms with Gasteiger partial charge in [-0.1, -0.05) is 341 Å². The van der Waals surface area contributed by atoms with E-state index >= 15 is 0 Å². The minimum atomic E-state index is 0.0320. The zero-order valence-electron chi connectivity index (χ0n) is 44.8. The number of ether oxygens (including phenoxy) is 1. The number of hydrogen-bond acceptors (Lipinski definition) is 2. The van der Waals surface area contributed by atoms with Crippen LogP contribution in [0.3, 0.4) is 0 Å². The highest BCUT2D eigenvalue weighted by Gasteiger charge is 2.03. The van der Waals surface area contributed by atoms with Gasteiger partial charge in [-0.2, -0.15) is 0 Å². The zero-order chi connectivity index (χ0) is 46.0. The summed E-state index contributed by atoms with van der Waals surface area (Å²) in [5, 5.41) is 0. The molecule has 0 saturated heterocycles. The Labute approximate surface area is 406 Å². The van der Waals surface area contributed by atoms with Crippen molar-refractivity contribution in [1.29, 1.82) is 0 Å². The molecule has 0 aromatic rings. The number of allylic oxidation sites excluding steroid dienone is 2. The van der Waals surface area contributed by atoms with E-state index in [1.807, 2.05) is 0 Å². The summed E-state index contributed by atoms with van der Waals surface area (Å²) in [5.41, 5.74) is 0. The minimum Gasteiger partial charge on any atom is -0.466 e. The van der Waals surface area contributed by atoms with Crippen molar-refractivity contribution in [2.24, 2.45) is 0 Å². The van der Waals surface area contributed by atoms with Crippen LogP contribution in [-0.4, -0.2) is 12.6 Å². The molecule has 0 spiro atoms. The summed E-state index contributed by atoms with van der Waals surface area (Å²) in [5.74, 6) is 0.0320. The van der Waals surface area contributed by atoms with Crippen LogP contribution in [-0.2, 0) is 9.53 Å². The quantitative estimate of drug-likeness (QED) is 0.0345. The maximum atomic E-state index is 12.1. The topological polar surface area (TPSA) is 26.3 Å². The lowest BCUT2D eigenvalue weighted by Gasteiger charge is -2.06. The molecule has 0 bridgehead atoms. The second kappa shape index (κ2) is 60.2. The molecule has 0 aliphatic rings. The van der Waals surface area contributed by atoms with Gasteiger partial charge in [0.1, 0.15) is 0 Å². The summed E-state index contributed by atoms with van der Waals surface area (Å²) in [6.07, 6.45) is 82.8. The molecule has 2 heteroatoms. The Hall–Kier alpha value is -0.790. The molecule has 2 nitrogen and oxygen atoms in total. The molecule has 0 saturated carbocycles. The second-order valence-corrected chi connectivity index (χ2v) is 21.1. The van der Waals surface area contributed by atoms with Gasteiger partial charge in [-0.3, -0.25) is 4.79 Å². The maximum absolute atomic E-state index is 12.1. The highest BCUT2D eigenvalue weighted by molar-refractivity contribution is 5.69. The van der Waals surface area contributed by atoms with E-state index in [-0.39, 0.29) is 5.97 Å². The van der Waals surface area contributed by atoms with E-state index in [1.165, 1.54) is 340 Å². The molecule has 0 amide bonds. The first kappa shape index (κ1) is 63.2. The fourth-order valence-electron chi connectivity index (χ4n) is 9.84. The number of carbonyl (C=O) groups excluding carboxylic acids is 1. The third-order valence-electron chi connectivity index (χ3n) is 14.4. The van der Waals surface area contributed by atoms with E-state index in [9.17, 15) is 4.79 Å². The van der Waals surface area contributed by atoms with Crippen LogP contribution in [0.15, 0.2) is 12.2 Å². The lowest BCUT2D eigenvalue weighted by Crippen LogP contribution is -2.05. The smallest absolute Gasteiger partial charge is 0.305 e. The van der Waals surface area contributed by atoms with E-state index in [1.54, 1.807) is 0 Å². The Morgan fingerprint density at radius 3 is 0.672 bits per heavy atom. The first-order valence-electron chi connectivity index (χ1n) is 30.6. The van der Waals surface area contributed by atoms with Crippen LogP contribution < -0.4 is 0 Å². The Morgan fingerprint density at radius 1 is 0.250 bits per heavy atom. The van der Waals surface area contributed by atoms with Crippen LogP contribution in [0.2, 0.25) is 0 Å². The summed E-state index contributed by atoms with van der Waals surface area (Å²) in [6.45, 7) is 5.23. The summed E-state index contributed by atoms with van der Waals surface area (Å²) in [7, 11) is 0. The molecule has 0 aromatic carbocycles. The van der Waals surface area contributed by atoms with Crippen molar-refractivity contribution in [2.45, 2.75) is 373 Å². The minimum absolute atomic E-state index is 0.0320. The molecule has 0 fully saturated rings. The van der Waals surface area contributed by atoms with Crippen LogP contribution in [0, 0.1) is 0 Å². The molecular weight excluding hydrogens is 777 g/mol. The number of esters is 1. The summed E-state index contributed by atoms with van der Waals surface area (Å²) < 4.78 is 5.52. The van der Waals surface area contributed by atoms with Crippen LogP contribution >= 0.6 is 0 Å². The van der Waals surface area contributed by atoms with Crippen LogP contribution in [0.25, 0.3) is 0 Å². The second-order valence-electron chi connectivity index (χ2n) is 21.1. The van der Waals surface area contributed by atoms with Gasteiger partial charge in [0, 0.05) is 6.42 Å². The van der Waals surface area contributed by atoms with Gasteiger partial charge < -0.3 is 4.74 Å². The first-order chi connectivity index (χ1) is 31.8. The monoisotopic (exact) mass is 899 g/mol. The summed E-state index contributed by atoms with van der Waals surface area (Å²) in [6, 6.07) is 0. The predicted molar refractivity (Wildman–Crippen MR) is 290 cm³/mol. The predicted octanol–water partition coefficient (Wildman–Crippen LogP) is 23.0. The Kier molecular flexibility index (Phi) is 59.5. The lowest BCUT2D eigenvalue weighted by atomic mass is 10.0. The van der Waals surface area contributed by atoms with Crippen LogP contribution in [0.4, 0.5) is 0 Å². The van der Waals surface area contributed by atoms with Crippen LogP contribution in [0.5, 0.6) is 0 Å². The van der Waals surface area contributed by atoms with E-state index in [4.69, 9.17) is 4.74 Å². The maximum Gasteiger partial charge on any atom is 0.305 e. The van der Waals surface area contributed by atoms with Crippen molar-refractivity contribution >= 4 is 5.97 Å². The highest BCUT2D eigenvalue weighted by Crippen LogP contribution is 2.18. The molecule has 0 N–H and O–H groups in total. The van der Waals surface area contributed by atoms with Gasteiger partial charge in [0.05, 0.1) is 6.61 Å². The van der Waals surface area contributed by atoms with E-state index in [0.29, 0.717) is 13.0 Å². The molecule has 0 heterocycles. The normalized spacial score (nSPS) is 11.7. The van der Waals surface area contributed by atoms with Crippen molar-refractivity contribution in [3.05, 3.63) is 12.2 Å². The van der Waals surface area contributed by atoms with Crippen molar-refractivity contribution < 1.29 is 9.53 Å². The fraction of sp³-hybridized carbons (Fsp3) is 0.952. The van der Waals surface area contributed by atoms with E-state index in [2.05, 4.69) is 26.0 Å². The largest absolute Gasteiger partial charge is 0.466 e. The number of unbranched alkanes of at least 4 members (excludes halogenated alkanes) is 52. The molecule has 0 aromatic heterocycles. The molecule has 0 aliphatic heterocycles. The number of hydrogen-bond donors (Lipinski definition) is 0. The SMILES string of the molecule is CCCCCCCCC=CCCCCCCCCCCCCCC(=O)OCCCCCCCCCCCCCCCCCCCCCCCCCCCCCCCCCCCCCC. The number of rotatable bonds is 58. The fourth-order valence-corrected chi connectivity index (χ4v) is 9.84. The molecule has 64 heavy (non-hydrogen) atoms. The Morgan fingerprint density at radius 2 is 0.438 bits per heavy atom. The van der Waals surface area contributed by atoms with Crippen molar-refractivity contribution in [3.8, 4) is 0 Å². The Balaban J connectivity index is 3.15. The van der Waals surface area contributed by atoms with Crippen LogP contribution in [0.1, 0.15) is 373 Å². The molecule has 0 atom stereocenters.